The van der Waals surface area contributed by atoms with Crippen molar-refractivity contribution in [3.05, 3.63) is 107 Å². The zero-order valence-electron chi connectivity index (χ0n) is 17.7. The van der Waals surface area contributed by atoms with Crippen LogP contribution in [0.2, 0.25) is 0 Å². The number of ether oxygens (including phenoxy) is 1. The van der Waals surface area contributed by atoms with Gasteiger partial charge in [-0.25, -0.2) is 0 Å². The molecule has 5 aromatic rings. The van der Waals surface area contributed by atoms with E-state index >= 15 is 0 Å². The highest BCUT2D eigenvalue weighted by molar-refractivity contribution is 6.00. The molecule has 1 aliphatic rings. The van der Waals surface area contributed by atoms with E-state index < -0.39 is 0 Å². The van der Waals surface area contributed by atoms with Gasteiger partial charge in [-0.05, 0) is 36.2 Å². The number of aromatic nitrogens is 3. The fourth-order valence-electron chi connectivity index (χ4n) is 4.40. The molecule has 0 spiro atoms. The molecule has 32 heavy (non-hydrogen) atoms. The van der Waals surface area contributed by atoms with Gasteiger partial charge in [-0.2, -0.15) is 5.10 Å². The highest BCUT2D eigenvalue weighted by Gasteiger charge is 2.26. The Morgan fingerprint density at radius 2 is 1.81 bits per heavy atom. The minimum absolute atomic E-state index is 0.0433. The Labute approximate surface area is 186 Å². The van der Waals surface area contributed by atoms with Gasteiger partial charge in [0.2, 0.25) is 0 Å². The first-order chi connectivity index (χ1) is 15.8. The maximum Gasteiger partial charge on any atom is 0.160 e. The zero-order valence-corrected chi connectivity index (χ0v) is 17.7. The maximum absolute atomic E-state index is 6.13. The molecule has 5 heteroatoms. The molecule has 2 aromatic heterocycles. The van der Waals surface area contributed by atoms with Crippen molar-refractivity contribution >= 4 is 16.7 Å². The van der Waals surface area contributed by atoms with Crippen molar-refractivity contribution in [2.24, 2.45) is 0 Å². The average Bonchev–Trinajstić information content (AvgIpc) is 3.20. The van der Waals surface area contributed by atoms with Crippen LogP contribution in [0.1, 0.15) is 28.3 Å². The third-order valence-corrected chi connectivity index (χ3v) is 6.05. The van der Waals surface area contributed by atoms with Crippen LogP contribution in [0.25, 0.3) is 22.2 Å². The number of anilines is 1. The van der Waals surface area contributed by atoms with Crippen LogP contribution in [-0.2, 0) is 6.61 Å². The minimum Gasteiger partial charge on any atom is -0.489 e. The second kappa shape index (κ2) is 7.54. The van der Waals surface area contributed by atoms with E-state index in [1.807, 2.05) is 24.5 Å². The molecule has 1 unspecified atom stereocenters. The molecule has 0 saturated heterocycles. The topological polar surface area (TPSA) is 62.8 Å². The number of H-pyrrole nitrogens is 1. The monoisotopic (exact) mass is 418 g/mol. The second-order valence-corrected chi connectivity index (χ2v) is 8.20. The van der Waals surface area contributed by atoms with Crippen molar-refractivity contribution in [3.8, 4) is 16.9 Å². The standard InChI is InChI=1S/C27H22N4O/c1-17-9-11-18(12-10-17)16-32-20-6-4-5-19(13-20)26-23-14-28-27-25(23)22(15-29-31-27)21-7-2-3-8-24(21)30-26/h2-15,26,30H,16H2,1H3,(H,28,31). The number of nitrogens with zero attached hydrogens (tertiary/aromatic N) is 2. The maximum atomic E-state index is 6.13. The summed E-state index contributed by atoms with van der Waals surface area (Å²) in [6.45, 7) is 2.63. The molecule has 0 aliphatic carbocycles. The summed E-state index contributed by atoms with van der Waals surface area (Å²) in [7, 11) is 0. The van der Waals surface area contributed by atoms with Crippen LogP contribution in [0.5, 0.6) is 5.75 Å². The Hall–Kier alpha value is -4.12. The van der Waals surface area contributed by atoms with Gasteiger partial charge in [0.15, 0.2) is 5.65 Å². The van der Waals surface area contributed by atoms with Crippen molar-refractivity contribution < 1.29 is 4.74 Å². The second-order valence-electron chi connectivity index (χ2n) is 8.20. The lowest BCUT2D eigenvalue weighted by molar-refractivity contribution is 0.306. The largest absolute Gasteiger partial charge is 0.489 e. The van der Waals surface area contributed by atoms with E-state index in [0.717, 1.165) is 50.3 Å². The summed E-state index contributed by atoms with van der Waals surface area (Å²) < 4.78 is 6.13. The summed E-state index contributed by atoms with van der Waals surface area (Å²) in [5.74, 6) is 0.849. The Balaban J connectivity index is 1.39. The van der Waals surface area contributed by atoms with E-state index in [1.54, 1.807) is 0 Å². The smallest absolute Gasteiger partial charge is 0.160 e. The molecule has 0 bridgehead atoms. The predicted octanol–water partition coefficient (Wildman–Crippen LogP) is 6.03. The summed E-state index contributed by atoms with van der Waals surface area (Å²) in [4.78, 5) is 3.30. The van der Waals surface area contributed by atoms with Crippen molar-refractivity contribution in [1.82, 2.24) is 15.2 Å². The molecular weight excluding hydrogens is 396 g/mol. The van der Waals surface area contributed by atoms with E-state index in [4.69, 9.17) is 4.74 Å². The molecule has 0 amide bonds. The van der Waals surface area contributed by atoms with E-state index in [2.05, 4.69) is 88.1 Å². The quantitative estimate of drug-likeness (QED) is 0.374. The molecule has 0 saturated carbocycles. The first-order valence-corrected chi connectivity index (χ1v) is 10.7. The molecule has 3 heterocycles. The Morgan fingerprint density at radius 3 is 2.72 bits per heavy atom. The molecule has 1 aliphatic heterocycles. The number of aryl methyl sites for hydroxylation is 1. The number of rotatable bonds is 4. The van der Waals surface area contributed by atoms with E-state index in [0.29, 0.717) is 6.61 Å². The van der Waals surface area contributed by atoms with Crippen molar-refractivity contribution in [1.29, 1.82) is 0 Å². The van der Waals surface area contributed by atoms with Crippen LogP contribution in [-0.4, -0.2) is 15.2 Å². The Kier molecular flexibility index (Phi) is 4.39. The van der Waals surface area contributed by atoms with Crippen LogP contribution in [0, 0.1) is 6.92 Å². The van der Waals surface area contributed by atoms with Gasteiger partial charge in [0.25, 0.3) is 0 Å². The summed E-state index contributed by atoms with van der Waals surface area (Å²) in [5, 5.41) is 13.4. The first kappa shape index (κ1) is 18.6. The molecule has 5 nitrogen and oxygen atoms in total. The summed E-state index contributed by atoms with van der Waals surface area (Å²) in [6.07, 6.45) is 3.88. The molecule has 1 atom stereocenters. The first-order valence-electron chi connectivity index (χ1n) is 10.7. The van der Waals surface area contributed by atoms with Crippen molar-refractivity contribution in [2.45, 2.75) is 19.6 Å². The number of hydrogen-bond donors (Lipinski definition) is 2. The summed E-state index contributed by atoms with van der Waals surface area (Å²) in [6, 6.07) is 25.1. The number of para-hydroxylation sites is 1. The average molecular weight is 419 g/mol. The lowest BCUT2D eigenvalue weighted by Gasteiger charge is -2.20. The number of fused-ring (bicyclic) bond motifs is 2. The van der Waals surface area contributed by atoms with Crippen LogP contribution >= 0.6 is 0 Å². The number of aromatic amines is 1. The summed E-state index contributed by atoms with van der Waals surface area (Å²) >= 11 is 0. The molecular formula is C27H22N4O. The molecule has 156 valence electrons. The normalized spacial score (nSPS) is 14.5. The van der Waals surface area contributed by atoms with Crippen LogP contribution in [0.3, 0.4) is 0 Å². The third-order valence-electron chi connectivity index (χ3n) is 6.05. The van der Waals surface area contributed by atoms with Crippen LogP contribution in [0.15, 0.2) is 85.2 Å². The van der Waals surface area contributed by atoms with Crippen molar-refractivity contribution in [3.63, 3.8) is 0 Å². The molecule has 2 N–H and O–H groups in total. The fourth-order valence-corrected chi connectivity index (χ4v) is 4.40. The molecule has 0 radical (unpaired) electrons. The van der Waals surface area contributed by atoms with Gasteiger partial charge in [0.05, 0.1) is 12.2 Å². The van der Waals surface area contributed by atoms with Gasteiger partial charge in [0.1, 0.15) is 12.4 Å². The van der Waals surface area contributed by atoms with Gasteiger partial charge in [-0.1, -0.05) is 60.2 Å². The van der Waals surface area contributed by atoms with Gasteiger partial charge in [-0.15, -0.1) is 5.10 Å². The van der Waals surface area contributed by atoms with Gasteiger partial charge >= 0.3 is 0 Å². The van der Waals surface area contributed by atoms with Gasteiger partial charge in [-0.3, -0.25) is 0 Å². The van der Waals surface area contributed by atoms with E-state index in [1.165, 1.54) is 5.56 Å². The Morgan fingerprint density at radius 1 is 0.938 bits per heavy atom. The Bertz CT molecular complexity index is 1420. The third kappa shape index (κ3) is 3.19. The highest BCUT2D eigenvalue weighted by Crippen LogP contribution is 2.43. The summed E-state index contributed by atoms with van der Waals surface area (Å²) in [5.41, 5.74) is 8.78. The number of hydrogen-bond acceptors (Lipinski definition) is 4. The van der Waals surface area contributed by atoms with Crippen molar-refractivity contribution in [2.75, 3.05) is 5.32 Å². The van der Waals surface area contributed by atoms with Gasteiger partial charge in [0, 0.05) is 34.0 Å². The number of benzene rings is 3. The van der Waals surface area contributed by atoms with E-state index in [9.17, 15) is 0 Å². The zero-order chi connectivity index (χ0) is 21.5. The SMILES string of the molecule is Cc1ccc(COc2cccc(C3Nc4ccccc4-c4cnnc5[nH]cc3c45)c2)cc1. The lowest BCUT2D eigenvalue weighted by Crippen LogP contribution is -2.11. The van der Waals surface area contributed by atoms with Crippen LogP contribution in [0.4, 0.5) is 5.69 Å². The predicted molar refractivity (Wildman–Crippen MR) is 127 cm³/mol. The highest BCUT2D eigenvalue weighted by atomic mass is 16.5. The molecule has 0 fully saturated rings. The van der Waals surface area contributed by atoms with Crippen LogP contribution < -0.4 is 10.1 Å². The molecule has 3 aromatic carbocycles. The minimum atomic E-state index is -0.0433. The molecule has 6 rings (SSSR count). The number of nitrogens with one attached hydrogen (secondary N) is 2. The lowest BCUT2D eigenvalue weighted by atomic mass is 9.97. The van der Waals surface area contributed by atoms with E-state index in [-0.39, 0.29) is 6.04 Å². The fraction of sp³-hybridized carbons (Fsp3) is 0.111. The van der Waals surface area contributed by atoms with Gasteiger partial charge < -0.3 is 15.0 Å².